The topological polar surface area (TPSA) is 176 Å². The first-order valence-corrected chi connectivity index (χ1v) is 8.01. The van der Waals surface area contributed by atoms with Gasteiger partial charge < -0.3 is 50.0 Å². The lowest BCUT2D eigenvalue weighted by atomic mass is 9.93. The quantitative estimate of drug-likeness (QED) is 0.192. The van der Waals surface area contributed by atoms with E-state index in [1.54, 1.807) is 0 Å². The lowest BCUT2D eigenvalue weighted by Crippen LogP contribution is -2.39. The number of ether oxygens (including phenoxy) is 3. The molecule has 0 aromatic carbocycles. The minimum Gasteiger partial charge on any atom is -0.396 e. The van der Waals surface area contributed by atoms with E-state index in [0.717, 1.165) is 6.61 Å². The average molecular weight is 372 g/mol. The van der Waals surface area contributed by atoms with E-state index in [0.29, 0.717) is 12.7 Å². The molecule has 0 saturated carbocycles. The molecule has 2 heterocycles. The lowest BCUT2D eigenvalue weighted by molar-refractivity contribution is -0.0782. The van der Waals surface area contributed by atoms with Crippen LogP contribution < -0.4 is 0 Å². The van der Waals surface area contributed by atoms with Crippen LogP contribution in [0.25, 0.3) is 0 Å². The fourth-order valence-corrected chi connectivity index (χ4v) is 1.09. The minimum absolute atomic E-state index is 0.112. The van der Waals surface area contributed by atoms with Crippen LogP contribution in [-0.4, -0.2) is 114 Å². The molecule has 10 nitrogen and oxygen atoms in total. The van der Waals surface area contributed by atoms with E-state index in [1.165, 1.54) is 0 Å². The molecule has 10 heteroatoms. The maximum atomic E-state index is 8.87. The summed E-state index contributed by atoms with van der Waals surface area (Å²) in [5.74, 6) is 0. The molecule has 25 heavy (non-hydrogen) atoms. The maximum absolute atomic E-state index is 8.87. The molecule has 2 aliphatic heterocycles. The first kappa shape index (κ1) is 24.6. The fourth-order valence-electron chi connectivity index (χ4n) is 1.09. The van der Waals surface area contributed by atoms with Crippen LogP contribution in [0.5, 0.6) is 0 Å². The Kier molecular flexibility index (Phi) is 12.7. The van der Waals surface area contributed by atoms with Gasteiger partial charge in [-0.05, 0) is 6.92 Å². The van der Waals surface area contributed by atoms with Crippen molar-refractivity contribution in [2.75, 3.05) is 66.1 Å². The van der Waals surface area contributed by atoms with E-state index in [9.17, 15) is 0 Å². The second-order valence-corrected chi connectivity index (χ2v) is 6.32. The Balaban J connectivity index is 0.000000387. The molecule has 2 unspecified atom stereocenters. The van der Waals surface area contributed by atoms with Gasteiger partial charge >= 0.3 is 0 Å². The maximum Gasteiger partial charge on any atom is 0.181 e. The van der Waals surface area contributed by atoms with Crippen molar-refractivity contribution in [1.82, 2.24) is 0 Å². The van der Waals surface area contributed by atoms with Crippen LogP contribution in [0, 0.1) is 10.8 Å². The molecule has 0 aromatic heterocycles. The number of aliphatic hydroxyl groups excluding tert-OH is 7. The van der Waals surface area contributed by atoms with Gasteiger partial charge in [-0.2, -0.15) is 0 Å². The molecular formula is C15H32O10. The Labute approximate surface area is 147 Å². The van der Waals surface area contributed by atoms with Crippen LogP contribution in [0.3, 0.4) is 0 Å². The van der Waals surface area contributed by atoms with E-state index in [1.807, 2.05) is 0 Å². The molecule has 0 aliphatic carbocycles. The fraction of sp³-hybridized carbons (Fsp3) is 1.00. The van der Waals surface area contributed by atoms with Crippen molar-refractivity contribution in [3.63, 3.8) is 0 Å². The highest BCUT2D eigenvalue weighted by Crippen LogP contribution is 2.19. The zero-order valence-electron chi connectivity index (χ0n) is 14.6. The van der Waals surface area contributed by atoms with E-state index in [-0.39, 0.29) is 32.7 Å². The summed E-state index contributed by atoms with van der Waals surface area (Å²) < 4.78 is 14.6. The number of rotatable bonds is 10. The molecule has 0 amide bonds. The standard InChI is InChI=1S/C7H14O5.C5H12O4.C3H6O/c8-2-7(3-9,4-10)5-12-6-1-11-6;6-1-5(2-7,3-8)4-9;1-3-2-4-3/h6,8-10H,1-5H2;6-9H,1-4H2;3H,2H2,1H3. The minimum atomic E-state index is -1.11. The Bertz CT molecular complexity index is 286. The Morgan fingerprint density at radius 2 is 1.04 bits per heavy atom. The normalized spacial score (nSPS) is 21.6. The van der Waals surface area contributed by atoms with Crippen LogP contribution in [-0.2, 0) is 14.2 Å². The summed E-state index contributed by atoms with van der Waals surface area (Å²) in [4.78, 5) is 0. The zero-order valence-corrected chi connectivity index (χ0v) is 14.6. The summed E-state index contributed by atoms with van der Waals surface area (Å²) in [6.07, 6.45) is 0.369. The first-order chi connectivity index (χ1) is 11.9. The van der Waals surface area contributed by atoms with Gasteiger partial charge in [0.1, 0.15) is 6.61 Å². The monoisotopic (exact) mass is 372 g/mol. The SMILES string of the molecule is CC1CO1.OCC(CO)(CO)CO.OCC(CO)(CO)COC1CO1. The van der Waals surface area contributed by atoms with Crippen LogP contribution >= 0.6 is 0 Å². The molecule has 0 aromatic rings. The van der Waals surface area contributed by atoms with Gasteiger partial charge in [-0.25, -0.2) is 0 Å². The van der Waals surface area contributed by atoms with Gasteiger partial charge in [0.25, 0.3) is 0 Å². The number of epoxide rings is 2. The largest absolute Gasteiger partial charge is 0.396 e. The van der Waals surface area contributed by atoms with Crippen LogP contribution in [0.4, 0.5) is 0 Å². The molecule has 2 atom stereocenters. The third kappa shape index (κ3) is 10.4. The second kappa shape index (κ2) is 12.9. The molecule has 0 bridgehead atoms. The lowest BCUT2D eigenvalue weighted by Gasteiger charge is -2.26. The van der Waals surface area contributed by atoms with E-state index < -0.39 is 37.3 Å². The van der Waals surface area contributed by atoms with Crippen LogP contribution in [0.1, 0.15) is 6.92 Å². The second-order valence-electron chi connectivity index (χ2n) is 6.32. The molecule has 7 N–H and O–H groups in total. The van der Waals surface area contributed by atoms with Gasteiger partial charge in [-0.1, -0.05) is 0 Å². The molecule has 2 saturated heterocycles. The van der Waals surface area contributed by atoms with Gasteiger partial charge in [0.15, 0.2) is 6.29 Å². The molecule has 2 aliphatic rings. The molecule has 0 radical (unpaired) electrons. The summed E-state index contributed by atoms with van der Waals surface area (Å²) in [5, 5.41) is 60.6. The number of hydrogen-bond acceptors (Lipinski definition) is 10. The Morgan fingerprint density at radius 1 is 0.720 bits per heavy atom. The summed E-state index contributed by atoms with van der Waals surface area (Å²) in [6.45, 7) is 1.19. The van der Waals surface area contributed by atoms with Gasteiger partial charge in [0.05, 0.1) is 76.4 Å². The molecule has 2 rings (SSSR count). The van der Waals surface area contributed by atoms with Crippen molar-refractivity contribution in [3.05, 3.63) is 0 Å². The van der Waals surface area contributed by atoms with Crippen LogP contribution in [0.2, 0.25) is 0 Å². The van der Waals surface area contributed by atoms with Crippen molar-refractivity contribution in [2.24, 2.45) is 10.8 Å². The van der Waals surface area contributed by atoms with Crippen molar-refractivity contribution >= 4 is 0 Å². The molecule has 2 fully saturated rings. The van der Waals surface area contributed by atoms with Gasteiger partial charge in [-0.15, -0.1) is 0 Å². The number of hydrogen-bond donors (Lipinski definition) is 7. The van der Waals surface area contributed by atoms with Crippen molar-refractivity contribution in [1.29, 1.82) is 0 Å². The molecule has 152 valence electrons. The Hall–Kier alpha value is -0.400. The summed E-state index contributed by atoms with van der Waals surface area (Å²) in [7, 11) is 0. The van der Waals surface area contributed by atoms with Crippen molar-refractivity contribution in [2.45, 2.75) is 19.3 Å². The van der Waals surface area contributed by atoms with Gasteiger partial charge in [0.2, 0.25) is 0 Å². The van der Waals surface area contributed by atoms with E-state index in [4.69, 9.17) is 50.0 Å². The highest BCUT2D eigenvalue weighted by Gasteiger charge is 2.33. The summed E-state index contributed by atoms with van der Waals surface area (Å²) >= 11 is 0. The van der Waals surface area contributed by atoms with Crippen molar-refractivity contribution < 1.29 is 50.0 Å². The van der Waals surface area contributed by atoms with E-state index >= 15 is 0 Å². The first-order valence-electron chi connectivity index (χ1n) is 8.01. The third-order valence-electron chi connectivity index (χ3n) is 3.73. The highest BCUT2D eigenvalue weighted by molar-refractivity contribution is 4.77. The Morgan fingerprint density at radius 3 is 1.20 bits per heavy atom. The molecular weight excluding hydrogens is 340 g/mol. The predicted octanol–water partition coefficient (Wildman–Crippen LogP) is -3.33. The van der Waals surface area contributed by atoms with Crippen molar-refractivity contribution in [3.8, 4) is 0 Å². The summed E-state index contributed by atoms with van der Waals surface area (Å²) in [5.41, 5.74) is -2.05. The van der Waals surface area contributed by atoms with Gasteiger partial charge in [0, 0.05) is 0 Å². The molecule has 0 spiro atoms. The zero-order chi connectivity index (χ0) is 19.3. The van der Waals surface area contributed by atoms with Gasteiger partial charge in [-0.3, -0.25) is 0 Å². The predicted molar refractivity (Wildman–Crippen MR) is 85.6 cm³/mol. The highest BCUT2D eigenvalue weighted by atomic mass is 16.8. The van der Waals surface area contributed by atoms with Crippen LogP contribution in [0.15, 0.2) is 0 Å². The smallest absolute Gasteiger partial charge is 0.181 e. The summed E-state index contributed by atoms with van der Waals surface area (Å²) in [6, 6.07) is 0. The van der Waals surface area contributed by atoms with E-state index in [2.05, 4.69) is 6.92 Å². The number of aliphatic hydroxyl groups is 7. The third-order valence-corrected chi connectivity index (χ3v) is 3.73. The average Bonchev–Trinajstić information content (AvgIpc) is 3.58.